The molecular formula is C23H27N3O4. The molecule has 1 amide bonds. The lowest BCUT2D eigenvalue weighted by Gasteiger charge is -2.33. The molecule has 0 bridgehead atoms. The van der Waals surface area contributed by atoms with Gasteiger partial charge in [-0.05, 0) is 22.3 Å². The van der Waals surface area contributed by atoms with Crippen molar-refractivity contribution in [2.75, 3.05) is 52.4 Å². The van der Waals surface area contributed by atoms with Crippen LogP contribution in [0.25, 0.3) is 11.1 Å². The van der Waals surface area contributed by atoms with Crippen LogP contribution >= 0.6 is 0 Å². The van der Waals surface area contributed by atoms with Gasteiger partial charge in [0.1, 0.15) is 6.61 Å². The Bertz CT molecular complexity index is 863. The maximum absolute atomic E-state index is 12.2. The Morgan fingerprint density at radius 3 is 2.10 bits per heavy atom. The van der Waals surface area contributed by atoms with E-state index in [9.17, 15) is 9.59 Å². The number of piperazine rings is 1. The first-order valence-corrected chi connectivity index (χ1v) is 10.4. The van der Waals surface area contributed by atoms with E-state index >= 15 is 0 Å². The number of nitrogens with zero attached hydrogens (tertiary/aromatic N) is 2. The van der Waals surface area contributed by atoms with E-state index in [2.05, 4.69) is 34.5 Å². The van der Waals surface area contributed by atoms with E-state index in [0.717, 1.165) is 32.7 Å². The van der Waals surface area contributed by atoms with Gasteiger partial charge in [0.2, 0.25) is 0 Å². The number of alkyl carbamates (subject to hydrolysis) is 1. The van der Waals surface area contributed by atoms with E-state index in [4.69, 9.17) is 9.84 Å². The molecule has 1 aliphatic heterocycles. The molecule has 1 heterocycles. The first-order valence-electron chi connectivity index (χ1n) is 10.4. The van der Waals surface area contributed by atoms with Crippen LogP contribution in [0.15, 0.2) is 48.5 Å². The topological polar surface area (TPSA) is 82.1 Å². The Balaban J connectivity index is 1.22. The lowest BCUT2D eigenvalue weighted by Crippen LogP contribution is -2.49. The monoisotopic (exact) mass is 409 g/mol. The van der Waals surface area contributed by atoms with Crippen molar-refractivity contribution < 1.29 is 19.4 Å². The van der Waals surface area contributed by atoms with Crippen molar-refractivity contribution in [3.05, 3.63) is 59.7 Å². The number of amides is 1. The zero-order valence-corrected chi connectivity index (χ0v) is 16.9. The lowest BCUT2D eigenvalue weighted by molar-refractivity contribution is -0.138. The third-order valence-corrected chi connectivity index (χ3v) is 5.86. The molecule has 2 N–H and O–H groups in total. The molecule has 4 rings (SSSR count). The molecule has 2 aromatic rings. The number of carbonyl (C=O) groups is 2. The smallest absolute Gasteiger partial charge is 0.407 e. The SMILES string of the molecule is O=C(O)CN1CCN(CCNC(=O)OCC2c3ccccc3-c3ccccc32)CC1. The number of fused-ring (bicyclic) bond motifs is 3. The van der Waals surface area contributed by atoms with Crippen LogP contribution in [0.4, 0.5) is 4.79 Å². The fraction of sp³-hybridized carbons (Fsp3) is 0.391. The highest BCUT2D eigenvalue weighted by atomic mass is 16.5. The number of benzene rings is 2. The van der Waals surface area contributed by atoms with Crippen molar-refractivity contribution in [3.63, 3.8) is 0 Å². The first-order chi connectivity index (χ1) is 14.6. The number of carboxylic acid groups (broad SMARTS) is 1. The molecular weight excluding hydrogens is 382 g/mol. The Labute approximate surface area is 176 Å². The third-order valence-electron chi connectivity index (χ3n) is 5.86. The third kappa shape index (κ3) is 4.63. The van der Waals surface area contributed by atoms with Gasteiger partial charge in [0, 0.05) is 45.2 Å². The van der Waals surface area contributed by atoms with Crippen LogP contribution in [0.1, 0.15) is 17.0 Å². The molecule has 0 saturated carbocycles. The van der Waals surface area contributed by atoms with Crippen LogP contribution in [0.2, 0.25) is 0 Å². The number of carbonyl (C=O) groups excluding carboxylic acids is 1. The Morgan fingerprint density at radius 1 is 0.933 bits per heavy atom. The fourth-order valence-corrected chi connectivity index (χ4v) is 4.33. The molecule has 2 aliphatic rings. The van der Waals surface area contributed by atoms with Gasteiger partial charge in [-0.1, -0.05) is 48.5 Å². The average Bonchev–Trinajstić information content (AvgIpc) is 3.07. The van der Waals surface area contributed by atoms with Gasteiger partial charge >= 0.3 is 12.1 Å². The van der Waals surface area contributed by atoms with Gasteiger partial charge in [-0.15, -0.1) is 0 Å². The van der Waals surface area contributed by atoms with Gasteiger partial charge in [-0.2, -0.15) is 0 Å². The predicted molar refractivity (Wildman–Crippen MR) is 114 cm³/mol. The summed E-state index contributed by atoms with van der Waals surface area (Å²) in [5, 5.41) is 11.7. The number of carboxylic acids is 1. The largest absolute Gasteiger partial charge is 0.480 e. The van der Waals surface area contributed by atoms with E-state index in [-0.39, 0.29) is 12.5 Å². The fourth-order valence-electron chi connectivity index (χ4n) is 4.33. The van der Waals surface area contributed by atoms with Crippen molar-refractivity contribution in [2.24, 2.45) is 0 Å². The molecule has 0 unspecified atom stereocenters. The zero-order valence-electron chi connectivity index (χ0n) is 16.9. The molecule has 2 aromatic carbocycles. The molecule has 1 fully saturated rings. The summed E-state index contributed by atoms with van der Waals surface area (Å²) < 4.78 is 5.55. The predicted octanol–water partition coefficient (Wildman–Crippen LogP) is 2.23. The summed E-state index contributed by atoms with van der Waals surface area (Å²) >= 11 is 0. The molecule has 7 nitrogen and oxygen atoms in total. The van der Waals surface area contributed by atoms with Crippen LogP contribution in [-0.4, -0.2) is 79.4 Å². The van der Waals surface area contributed by atoms with E-state index in [1.807, 2.05) is 29.2 Å². The normalized spacial score (nSPS) is 16.7. The van der Waals surface area contributed by atoms with Crippen LogP contribution in [0, 0.1) is 0 Å². The minimum Gasteiger partial charge on any atom is -0.480 e. The zero-order chi connectivity index (χ0) is 20.9. The maximum Gasteiger partial charge on any atom is 0.407 e. The van der Waals surface area contributed by atoms with E-state index in [1.54, 1.807) is 0 Å². The number of rotatable bonds is 7. The van der Waals surface area contributed by atoms with Gasteiger partial charge in [0.25, 0.3) is 0 Å². The summed E-state index contributed by atoms with van der Waals surface area (Å²) in [6.07, 6.45) is -0.402. The first kappa shape index (κ1) is 20.4. The van der Waals surface area contributed by atoms with Crippen molar-refractivity contribution in [3.8, 4) is 11.1 Å². The quantitative estimate of drug-likeness (QED) is 0.730. The number of nitrogens with one attached hydrogen (secondary N) is 1. The summed E-state index contributed by atoms with van der Waals surface area (Å²) in [7, 11) is 0. The summed E-state index contributed by atoms with van der Waals surface area (Å²) in [5.41, 5.74) is 4.82. The molecule has 158 valence electrons. The van der Waals surface area contributed by atoms with Crippen molar-refractivity contribution in [1.29, 1.82) is 0 Å². The van der Waals surface area contributed by atoms with Gasteiger partial charge in [0.15, 0.2) is 0 Å². The summed E-state index contributed by atoms with van der Waals surface area (Å²) in [6, 6.07) is 16.5. The molecule has 0 aromatic heterocycles. The Morgan fingerprint density at radius 2 is 1.50 bits per heavy atom. The van der Waals surface area contributed by atoms with Crippen LogP contribution < -0.4 is 5.32 Å². The summed E-state index contributed by atoms with van der Waals surface area (Å²) in [4.78, 5) is 27.1. The molecule has 7 heteroatoms. The van der Waals surface area contributed by atoms with Gasteiger partial charge in [0.05, 0.1) is 6.54 Å². The van der Waals surface area contributed by atoms with Crippen LogP contribution in [0.5, 0.6) is 0 Å². The Hall–Kier alpha value is -2.90. The van der Waals surface area contributed by atoms with Crippen molar-refractivity contribution in [2.45, 2.75) is 5.92 Å². The summed E-state index contributed by atoms with van der Waals surface area (Å²) in [6.45, 7) is 4.72. The highest BCUT2D eigenvalue weighted by Gasteiger charge is 2.29. The molecule has 0 radical (unpaired) electrons. The standard InChI is InChI=1S/C23H27N3O4/c27-22(28)15-26-13-11-25(12-14-26)10-9-24-23(29)30-16-21-19-7-3-1-5-17(19)18-6-2-4-8-20(18)21/h1-8,21H,9-16H2,(H,24,29)(H,27,28). The molecule has 1 aliphatic carbocycles. The molecule has 30 heavy (non-hydrogen) atoms. The number of hydrogen-bond acceptors (Lipinski definition) is 5. The molecule has 1 saturated heterocycles. The molecule has 0 spiro atoms. The van der Waals surface area contributed by atoms with Gasteiger partial charge < -0.3 is 15.2 Å². The highest BCUT2D eigenvalue weighted by Crippen LogP contribution is 2.44. The lowest BCUT2D eigenvalue weighted by atomic mass is 9.98. The van der Waals surface area contributed by atoms with Crippen LogP contribution in [0.3, 0.4) is 0 Å². The van der Waals surface area contributed by atoms with E-state index < -0.39 is 12.1 Å². The highest BCUT2D eigenvalue weighted by molar-refractivity contribution is 5.79. The van der Waals surface area contributed by atoms with Gasteiger partial charge in [-0.25, -0.2) is 4.79 Å². The second kappa shape index (κ2) is 9.28. The molecule has 0 atom stereocenters. The van der Waals surface area contributed by atoms with Gasteiger partial charge in [-0.3, -0.25) is 14.6 Å². The minimum atomic E-state index is -0.791. The van der Waals surface area contributed by atoms with Crippen LogP contribution in [-0.2, 0) is 9.53 Å². The second-order valence-corrected chi connectivity index (χ2v) is 7.76. The minimum absolute atomic E-state index is 0.0606. The van der Waals surface area contributed by atoms with Crippen molar-refractivity contribution >= 4 is 12.1 Å². The van der Waals surface area contributed by atoms with Crippen molar-refractivity contribution in [1.82, 2.24) is 15.1 Å². The maximum atomic E-state index is 12.2. The number of ether oxygens (including phenoxy) is 1. The van der Waals surface area contributed by atoms with E-state index in [1.165, 1.54) is 22.3 Å². The second-order valence-electron chi connectivity index (χ2n) is 7.76. The Kier molecular flexibility index (Phi) is 6.30. The average molecular weight is 409 g/mol. The van der Waals surface area contributed by atoms with E-state index in [0.29, 0.717) is 13.2 Å². The summed E-state index contributed by atoms with van der Waals surface area (Å²) in [5.74, 6) is -0.731. The number of aliphatic carboxylic acids is 1. The number of hydrogen-bond donors (Lipinski definition) is 2.